The zero-order chi connectivity index (χ0) is 16.2. The van der Waals surface area contributed by atoms with Gasteiger partial charge in [-0.05, 0) is 50.2 Å². The van der Waals surface area contributed by atoms with Crippen molar-refractivity contribution in [1.82, 2.24) is 25.1 Å². The van der Waals surface area contributed by atoms with Gasteiger partial charge >= 0.3 is 0 Å². The predicted octanol–water partition coefficient (Wildman–Crippen LogP) is 3.25. The number of aromatic amines is 1. The molecule has 3 aromatic heterocycles. The van der Waals surface area contributed by atoms with E-state index in [4.69, 9.17) is 4.74 Å². The third-order valence-corrected chi connectivity index (χ3v) is 4.15. The Balaban J connectivity index is 1.39. The standard InChI is InChI=1S/C18H19N5O/c1-2-10-23(9-1)13-15-4-5-16(12-19-15)24-18-6-3-14(11-20-18)17-7-8-21-22-17/h3-8,11-12H,1-2,9-10,13H2,(H,21,22). The molecule has 4 rings (SSSR count). The summed E-state index contributed by atoms with van der Waals surface area (Å²) in [6.07, 6.45) is 7.83. The van der Waals surface area contributed by atoms with E-state index in [1.165, 1.54) is 25.9 Å². The summed E-state index contributed by atoms with van der Waals surface area (Å²) in [4.78, 5) is 11.2. The van der Waals surface area contributed by atoms with Gasteiger partial charge in [0.05, 0.1) is 17.6 Å². The summed E-state index contributed by atoms with van der Waals surface area (Å²) in [6, 6.07) is 9.66. The average Bonchev–Trinajstić information content (AvgIpc) is 3.31. The molecule has 0 spiro atoms. The van der Waals surface area contributed by atoms with Crippen molar-refractivity contribution in [2.24, 2.45) is 0 Å². The van der Waals surface area contributed by atoms with Crippen molar-refractivity contribution in [1.29, 1.82) is 0 Å². The van der Waals surface area contributed by atoms with E-state index in [-0.39, 0.29) is 0 Å². The summed E-state index contributed by atoms with van der Waals surface area (Å²) in [5.74, 6) is 1.24. The summed E-state index contributed by atoms with van der Waals surface area (Å²) < 4.78 is 5.76. The first-order valence-corrected chi connectivity index (χ1v) is 8.18. The fourth-order valence-electron chi connectivity index (χ4n) is 2.87. The van der Waals surface area contributed by atoms with Crippen molar-refractivity contribution < 1.29 is 4.74 Å². The Morgan fingerprint density at radius 1 is 1.00 bits per heavy atom. The van der Waals surface area contributed by atoms with Gasteiger partial charge in [-0.1, -0.05) is 0 Å². The normalized spacial score (nSPS) is 14.8. The van der Waals surface area contributed by atoms with Crippen LogP contribution in [0.4, 0.5) is 0 Å². The van der Waals surface area contributed by atoms with Gasteiger partial charge in [0.25, 0.3) is 0 Å². The van der Waals surface area contributed by atoms with Crippen molar-refractivity contribution in [3.05, 3.63) is 54.6 Å². The van der Waals surface area contributed by atoms with Gasteiger partial charge in [0, 0.05) is 30.6 Å². The Morgan fingerprint density at radius 3 is 2.58 bits per heavy atom. The largest absolute Gasteiger partial charge is 0.437 e. The zero-order valence-corrected chi connectivity index (χ0v) is 13.4. The summed E-state index contributed by atoms with van der Waals surface area (Å²) in [7, 11) is 0. The lowest BCUT2D eigenvalue weighted by molar-refractivity contribution is 0.327. The Kier molecular flexibility index (Phi) is 4.20. The minimum atomic E-state index is 0.548. The maximum absolute atomic E-state index is 5.76. The first-order valence-electron chi connectivity index (χ1n) is 8.18. The van der Waals surface area contributed by atoms with E-state index in [2.05, 4.69) is 25.1 Å². The molecule has 0 radical (unpaired) electrons. The van der Waals surface area contributed by atoms with Crippen LogP contribution >= 0.6 is 0 Å². The van der Waals surface area contributed by atoms with Crippen LogP contribution in [0.2, 0.25) is 0 Å². The highest BCUT2D eigenvalue weighted by molar-refractivity contribution is 5.57. The molecule has 1 aliphatic heterocycles. The highest BCUT2D eigenvalue weighted by Crippen LogP contribution is 2.22. The maximum atomic E-state index is 5.76. The molecule has 6 nitrogen and oxygen atoms in total. The molecule has 0 saturated carbocycles. The van der Waals surface area contributed by atoms with E-state index >= 15 is 0 Å². The van der Waals surface area contributed by atoms with E-state index in [1.54, 1.807) is 18.6 Å². The summed E-state index contributed by atoms with van der Waals surface area (Å²) in [6.45, 7) is 3.26. The number of pyridine rings is 2. The molecule has 1 saturated heterocycles. The summed E-state index contributed by atoms with van der Waals surface area (Å²) >= 11 is 0. The van der Waals surface area contributed by atoms with Gasteiger partial charge in [0.2, 0.25) is 5.88 Å². The second kappa shape index (κ2) is 6.80. The highest BCUT2D eigenvalue weighted by atomic mass is 16.5. The van der Waals surface area contributed by atoms with E-state index in [1.807, 2.05) is 30.3 Å². The highest BCUT2D eigenvalue weighted by Gasteiger charge is 2.12. The maximum Gasteiger partial charge on any atom is 0.219 e. The minimum Gasteiger partial charge on any atom is -0.437 e. The first-order chi connectivity index (χ1) is 11.9. The summed E-state index contributed by atoms with van der Waals surface area (Å²) in [5, 5.41) is 6.85. The fourth-order valence-corrected chi connectivity index (χ4v) is 2.87. The molecule has 6 heteroatoms. The number of H-pyrrole nitrogens is 1. The van der Waals surface area contributed by atoms with Gasteiger partial charge in [-0.25, -0.2) is 4.98 Å². The van der Waals surface area contributed by atoms with Crippen molar-refractivity contribution in [2.45, 2.75) is 19.4 Å². The van der Waals surface area contributed by atoms with Crippen LogP contribution in [0, 0.1) is 0 Å². The van der Waals surface area contributed by atoms with Crippen LogP contribution in [0.5, 0.6) is 11.6 Å². The molecule has 0 unspecified atom stereocenters. The molecule has 0 aromatic carbocycles. The lowest BCUT2D eigenvalue weighted by Crippen LogP contribution is -2.18. The van der Waals surface area contributed by atoms with Crippen molar-refractivity contribution in [3.63, 3.8) is 0 Å². The van der Waals surface area contributed by atoms with Gasteiger partial charge in [0.1, 0.15) is 5.75 Å². The number of aromatic nitrogens is 4. The number of nitrogens with one attached hydrogen (secondary N) is 1. The average molecular weight is 321 g/mol. The SMILES string of the molecule is c1cc(-c2ccc(Oc3ccc(CN4CCCC4)nc3)nc2)[nH]n1. The molecule has 122 valence electrons. The molecule has 1 aliphatic rings. The molecule has 0 bridgehead atoms. The van der Waals surface area contributed by atoms with Gasteiger partial charge in [0.15, 0.2) is 0 Å². The van der Waals surface area contributed by atoms with E-state index in [0.717, 1.165) is 23.5 Å². The number of ether oxygens (including phenoxy) is 1. The number of hydrogen-bond donors (Lipinski definition) is 1. The second-order valence-corrected chi connectivity index (χ2v) is 5.93. The lowest BCUT2D eigenvalue weighted by atomic mass is 10.2. The topological polar surface area (TPSA) is 66.9 Å². The lowest BCUT2D eigenvalue weighted by Gasteiger charge is -2.13. The number of nitrogens with zero attached hydrogens (tertiary/aromatic N) is 4. The molecular weight excluding hydrogens is 302 g/mol. The first kappa shape index (κ1) is 14.8. The predicted molar refractivity (Wildman–Crippen MR) is 90.6 cm³/mol. The number of rotatable bonds is 5. The molecule has 0 aliphatic carbocycles. The molecule has 0 atom stereocenters. The summed E-state index contributed by atoms with van der Waals surface area (Å²) in [5.41, 5.74) is 2.98. The van der Waals surface area contributed by atoms with Gasteiger partial charge in [-0.15, -0.1) is 0 Å². The molecule has 4 heterocycles. The Morgan fingerprint density at radius 2 is 1.92 bits per heavy atom. The van der Waals surface area contributed by atoms with Crippen LogP contribution in [-0.2, 0) is 6.54 Å². The van der Waals surface area contributed by atoms with Crippen molar-refractivity contribution >= 4 is 0 Å². The van der Waals surface area contributed by atoms with E-state index < -0.39 is 0 Å². The number of likely N-dealkylation sites (tertiary alicyclic amines) is 1. The van der Waals surface area contributed by atoms with Gasteiger partial charge in [-0.2, -0.15) is 5.10 Å². The van der Waals surface area contributed by atoms with Crippen LogP contribution in [0.25, 0.3) is 11.3 Å². The Labute approximate surface area is 140 Å². The fraction of sp³-hybridized carbons (Fsp3) is 0.278. The smallest absolute Gasteiger partial charge is 0.219 e. The Hall–Kier alpha value is -2.73. The minimum absolute atomic E-state index is 0.548. The number of hydrogen-bond acceptors (Lipinski definition) is 5. The second-order valence-electron chi connectivity index (χ2n) is 5.93. The van der Waals surface area contributed by atoms with Crippen LogP contribution < -0.4 is 4.74 Å². The molecule has 1 N–H and O–H groups in total. The third-order valence-electron chi connectivity index (χ3n) is 4.15. The molecule has 1 fully saturated rings. The van der Waals surface area contributed by atoms with Crippen LogP contribution in [0.1, 0.15) is 18.5 Å². The van der Waals surface area contributed by atoms with Crippen molar-refractivity contribution in [3.8, 4) is 22.9 Å². The molecule has 0 amide bonds. The Bertz CT molecular complexity index is 762. The zero-order valence-electron chi connectivity index (χ0n) is 13.4. The molecule has 3 aromatic rings. The third kappa shape index (κ3) is 3.44. The van der Waals surface area contributed by atoms with Gasteiger partial charge < -0.3 is 4.74 Å². The van der Waals surface area contributed by atoms with Crippen molar-refractivity contribution in [2.75, 3.05) is 13.1 Å². The van der Waals surface area contributed by atoms with E-state index in [0.29, 0.717) is 11.6 Å². The van der Waals surface area contributed by atoms with Crippen LogP contribution in [0.15, 0.2) is 48.9 Å². The molecule has 24 heavy (non-hydrogen) atoms. The van der Waals surface area contributed by atoms with Gasteiger partial charge in [-0.3, -0.25) is 15.0 Å². The quantitative estimate of drug-likeness (QED) is 0.781. The van der Waals surface area contributed by atoms with Crippen LogP contribution in [0.3, 0.4) is 0 Å². The molecular formula is C18H19N5O. The van der Waals surface area contributed by atoms with E-state index in [9.17, 15) is 0 Å². The monoisotopic (exact) mass is 321 g/mol. The van der Waals surface area contributed by atoms with Crippen LogP contribution in [-0.4, -0.2) is 38.2 Å².